The average Bonchev–Trinajstić information content (AvgIpc) is 2.10. The molecular weight excluding hydrogens is 178 g/mol. The molecular formula is C10H17N3O. The molecule has 1 unspecified atom stereocenters. The first-order valence-corrected chi connectivity index (χ1v) is 4.90. The van der Waals surface area contributed by atoms with Crippen LogP contribution in [0.3, 0.4) is 0 Å². The van der Waals surface area contributed by atoms with Crippen LogP contribution >= 0.6 is 0 Å². The summed E-state index contributed by atoms with van der Waals surface area (Å²) in [5.41, 5.74) is 6.44. The van der Waals surface area contributed by atoms with Crippen molar-refractivity contribution in [1.82, 2.24) is 9.78 Å². The molecule has 0 radical (unpaired) electrons. The smallest absolute Gasteiger partial charge is 0.266 e. The van der Waals surface area contributed by atoms with Gasteiger partial charge < -0.3 is 5.73 Å². The molecule has 0 aliphatic heterocycles. The van der Waals surface area contributed by atoms with Gasteiger partial charge in [0.1, 0.15) is 0 Å². The minimum atomic E-state index is -0.0414. The minimum absolute atomic E-state index is 0.0414. The van der Waals surface area contributed by atoms with Gasteiger partial charge in [0.15, 0.2) is 0 Å². The number of nitrogens with two attached hydrogens (primary N) is 1. The van der Waals surface area contributed by atoms with E-state index < -0.39 is 0 Å². The van der Waals surface area contributed by atoms with Crippen LogP contribution in [0.5, 0.6) is 0 Å². The van der Waals surface area contributed by atoms with E-state index in [1.54, 1.807) is 12.1 Å². The monoisotopic (exact) mass is 195 g/mol. The van der Waals surface area contributed by atoms with Crippen molar-refractivity contribution in [2.75, 3.05) is 0 Å². The van der Waals surface area contributed by atoms with E-state index in [-0.39, 0.29) is 11.6 Å². The summed E-state index contributed by atoms with van der Waals surface area (Å²) < 4.78 is 1.50. The largest absolute Gasteiger partial charge is 0.328 e. The second-order valence-electron chi connectivity index (χ2n) is 3.66. The maximum absolute atomic E-state index is 11.3. The molecule has 4 nitrogen and oxygen atoms in total. The molecule has 78 valence electrons. The van der Waals surface area contributed by atoms with E-state index in [1.807, 2.05) is 13.8 Å². The zero-order valence-electron chi connectivity index (χ0n) is 8.73. The third-order valence-corrected chi connectivity index (χ3v) is 2.03. The Bertz CT molecular complexity index is 343. The van der Waals surface area contributed by atoms with Gasteiger partial charge in [0, 0.05) is 18.7 Å². The standard InChI is InChI=1S/C10H17N3O/c1-8(11)4-3-7-13-10(14)6-5-9(2)12-13/h5-6,8H,3-4,7,11H2,1-2H3. The lowest BCUT2D eigenvalue weighted by Crippen LogP contribution is -2.24. The van der Waals surface area contributed by atoms with Gasteiger partial charge in [0.25, 0.3) is 5.56 Å². The fourth-order valence-corrected chi connectivity index (χ4v) is 1.27. The van der Waals surface area contributed by atoms with Gasteiger partial charge in [-0.15, -0.1) is 0 Å². The predicted octanol–water partition coefficient (Wildman–Crippen LogP) is 0.679. The molecule has 1 rings (SSSR count). The highest BCUT2D eigenvalue weighted by molar-refractivity contribution is 4.96. The summed E-state index contributed by atoms with van der Waals surface area (Å²) in [4.78, 5) is 11.3. The highest BCUT2D eigenvalue weighted by Crippen LogP contribution is 1.95. The third-order valence-electron chi connectivity index (χ3n) is 2.03. The summed E-state index contributed by atoms with van der Waals surface area (Å²) in [6.07, 6.45) is 1.82. The zero-order valence-corrected chi connectivity index (χ0v) is 8.73. The van der Waals surface area contributed by atoms with Crippen LogP contribution in [-0.4, -0.2) is 15.8 Å². The first kappa shape index (κ1) is 10.9. The zero-order chi connectivity index (χ0) is 10.6. The quantitative estimate of drug-likeness (QED) is 0.768. The molecule has 0 saturated heterocycles. The van der Waals surface area contributed by atoms with Crippen LogP contribution in [0, 0.1) is 6.92 Å². The molecule has 1 atom stereocenters. The van der Waals surface area contributed by atoms with Crippen LogP contribution in [0.15, 0.2) is 16.9 Å². The molecule has 0 amide bonds. The summed E-state index contributed by atoms with van der Waals surface area (Å²) in [7, 11) is 0. The molecule has 2 N–H and O–H groups in total. The Morgan fingerprint density at radius 3 is 2.93 bits per heavy atom. The van der Waals surface area contributed by atoms with Crippen molar-refractivity contribution in [3.63, 3.8) is 0 Å². The fourth-order valence-electron chi connectivity index (χ4n) is 1.27. The van der Waals surface area contributed by atoms with E-state index in [4.69, 9.17) is 5.73 Å². The van der Waals surface area contributed by atoms with Crippen molar-refractivity contribution in [1.29, 1.82) is 0 Å². The van der Waals surface area contributed by atoms with Gasteiger partial charge >= 0.3 is 0 Å². The first-order chi connectivity index (χ1) is 6.59. The summed E-state index contributed by atoms with van der Waals surface area (Å²) in [5, 5.41) is 4.13. The van der Waals surface area contributed by atoms with Crippen molar-refractivity contribution in [2.24, 2.45) is 5.73 Å². The fraction of sp³-hybridized carbons (Fsp3) is 0.600. The van der Waals surface area contributed by atoms with Crippen molar-refractivity contribution < 1.29 is 0 Å². The second kappa shape index (κ2) is 4.91. The summed E-state index contributed by atoms with van der Waals surface area (Å²) in [5.74, 6) is 0. The number of aromatic nitrogens is 2. The lowest BCUT2D eigenvalue weighted by atomic mass is 10.2. The van der Waals surface area contributed by atoms with Gasteiger partial charge in [-0.1, -0.05) is 0 Å². The molecule has 0 saturated carbocycles. The summed E-state index contributed by atoms with van der Waals surface area (Å²) in [6, 6.07) is 3.47. The van der Waals surface area contributed by atoms with E-state index in [9.17, 15) is 4.79 Å². The molecule has 0 bridgehead atoms. The van der Waals surface area contributed by atoms with Crippen molar-refractivity contribution in [3.8, 4) is 0 Å². The van der Waals surface area contributed by atoms with Crippen LogP contribution < -0.4 is 11.3 Å². The van der Waals surface area contributed by atoms with E-state index in [0.717, 1.165) is 18.5 Å². The van der Waals surface area contributed by atoms with Crippen molar-refractivity contribution in [2.45, 2.75) is 39.3 Å². The Balaban J connectivity index is 2.58. The molecule has 1 aromatic rings. The van der Waals surface area contributed by atoms with Gasteiger partial charge in [0.2, 0.25) is 0 Å². The van der Waals surface area contributed by atoms with Gasteiger partial charge in [-0.05, 0) is 32.8 Å². The van der Waals surface area contributed by atoms with Crippen LogP contribution in [-0.2, 0) is 6.54 Å². The average molecular weight is 195 g/mol. The lowest BCUT2D eigenvalue weighted by molar-refractivity contribution is 0.502. The number of rotatable bonds is 4. The van der Waals surface area contributed by atoms with Gasteiger partial charge in [-0.2, -0.15) is 5.10 Å². The minimum Gasteiger partial charge on any atom is -0.328 e. The maximum Gasteiger partial charge on any atom is 0.266 e. The number of hydrogen-bond acceptors (Lipinski definition) is 3. The Hall–Kier alpha value is -1.16. The molecule has 1 heterocycles. The van der Waals surface area contributed by atoms with Crippen molar-refractivity contribution in [3.05, 3.63) is 28.2 Å². The molecule has 1 aromatic heterocycles. The second-order valence-corrected chi connectivity index (χ2v) is 3.66. The van der Waals surface area contributed by atoms with E-state index in [0.29, 0.717) is 6.54 Å². The van der Waals surface area contributed by atoms with Gasteiger partial charge in [-0.25, -0.2) is 4.68 Å². The Kier molecular flexibility index (Phi) is 3.83. The molecule has 0 aromatic carbocycles. The third kappa shape index (κ3) is 3.30. The normalized spacial score (nSPS) is 12.8. The molecule has 0 spiro atoms. The summed E-state index contributed by atoms with van der Waals surface area (Å²) >= 11 is 0. The van der Waals surface area contributed by atoms with Gasteiger partial charge in [0.05, 0.1) is 5.69 Å². The van der Waals surface area contributed by atoms with Crippen LogP contribution in [0.25, 0.3) is 0 Å². The molecule has 0 aliphatic rings. The van der Waals surface area contributed by atoms with E-state index in [1.165, 1.54) is 4.68 Å². The van der Waals surface area contributed by atoms with E-state index >= 15 is 0 Å². The number of hydrogen-bond donors (Lipinski definition) is 1. The van der Waals surface area contributed by atoms with Crippen LogP contribution in [0.1, 0.15) is 25.5 Å². The Labute approximate surface area is 83.7 Å². The van der Waals surface area contributed by atoms with Crippen molar-refractivity contribution >= 4 is 0 Å². The van der Waals surface area contributed by atoms with E-state index in [2.05, 4.69) is 5.10 Å². The highest BCUT2D eigenvalue weighted by Gasteiger charge is 1.99. The Morgan fingerprint density at radius 2 is 2.29 bits per heavy atom. The van der Waals surface area contributed by atoms with Crippen LogP contribution in [0.2, 0.25) is 0 Å². The lowest BCUT2D eigenvalue weighted by Gasteiger charge is -2.06. The maximum atomic E-state index is 11.3. The number of nitrogens with zero attached hydrogens (tertiary/aromatic N) is 2. The van der Waals surface area contributed by atoms with Gasteiger partial charge in [-0.3, -0.25) is 4.79 Å². The topological polar surface area (TPSA) is 60.9 Å². The predicted molar refractivity (Wildman–Crippen MR) is 56.1 cm³/mol. The number of aryl methyl sites for hydroxylation is 2. The summed E-state index contributed by atoms with van der Waals surface area (Å²) in [6.45, 7) is 4.50. The Morgan fingerprint density at radius 1 is 1.57 bits per heavy atom. The highest BCUT2D eigenvalue weighted by atomic mass is 16.1. The molecule has 14 heavy (non-hydrogen) atoms. The molecule has 4 heteroatoms. The van der Waals surface area contributed by atoms with Crippen LogP contribution in [0.4, 0.5) is 0 Å². The molecule has 0 aliphatic carbocycles. The molecule has 0 fully saturated rings. The first-order valence-electron chi connectivity index (χ1n) is 4.90. The SMILES string of the molecule is Cc1ccc(=O)n(CCCC(C)N)n1.